The van der Waals surface area contributed by atoms with Crippen LogP contribution in [0.2, 0.25) is 0 Å². The summed E-state index contributed by atoms with van der Waals surface area (Å²) in [6.07, 6.45) is 3.79. The number of aromatic nitrogens is 1. The molecular formula is C16H23N3O3. The maximum atomic E-state index is 12.1. The fraction of sp³-hybridized carbons (Fsp3) is 0.625. The van der Waals surface area contributed by atoms with Crippen molar-refractivity contribution in [2.24, 2.45) is 0 Å². The summed E-state index contributed by atoms with van der Waals surface area (Å²) in [5.74, 6) is 0.609. The van der Waals surface area contributed by atoms with E-state index in [0.717, 1.165) is 31.8 Å². The van der Waals surface area contributed by atoms with Crippen molar-refractivity contribution in [1.29, 1.82) is 0 Å². The fourth-order valence-corrected chi connectivity index (χ4v) is 3.39. The van der Waals surface area contributed by atoms with Gasteiger partial charge in [-0.05, 0) is 31.9 Å². The first-order valence-corrected chi connectivity index (χ1v) is 7.81. The van der Waals surface area contributed by atoms with Crippen LogP contribution in [-0.2, 0) is 9.47 Å². The van der Waals surface area contributed by atoms with Crippen LogP contribution in [0, 0.1) is 0 Å². The monoisotopic (exact) mass is 305 g/mol. The lowest BCUT2D eigenvalue weighted by Crippen LogP contribution is -2.59. The molecule has 2 aliphatic heterocycles. The van der Waals surface area contributed by atoms with Crippen LogP contribution in [0.5, 0.6) is 0 Å². The molecule has 0 aromatic carbocycles. The zero-order valence-electron chi connectivity index (χ0n) is 13.2. The summed E-state index contributed by atoms with van der Waals surface area (Å²) in [7, 11) is 1.64. The van der Waals surface area contributed by atoms with Gasteiger partial charge in [0.2, 0.25) is 0 Å². The van der Waals surface area contributed by atoms with E-state index < -0.39 is 0 Å². The van der Waals surface area contributed by atoms with Crippen molar-refractivity contribution in [1.82, 2.24) is 10.3 Å². The number of nitrogens with zero attached hydrogens (tertiary/aromatic N) is 2. The van der Waals surface area contributed by atoms with Crippen molar-refractivity contribution in [3.05, 3.63) is 23.9 Å². The molecule has 2 aliphatic rings. The van der Waals surface area contributed by atoms with E-state index in [0.29, 0.717) is 18.7 Å². The summed E-state index contributed by atoms with van der Waals surface area (Å²) in [4.78, 5) is 18.7. The lowest BCUT2D eigenvalue weighted by atomic mass is 9.93. The van der Waals surface area contributed by atoms with Crippen LogP contribution in [0.1, 0.15) is 30.1 Å². The Morgan fingerprint density at radius 3 is 3.14 bits per heavy atom. The third-order valence-corrected chi connectivity index (χ3v) is 4.25. The maximum Gasteiger partial charge on any atom is 0.254 e. The van der Waals surface area contributed by atoms with E-state index in [-0.39, 0.29) is 17.6 Å². The van der Waals surface area contributed by atoms with Crippen molar-refractivity contribution < 1.29 is 14.3 Å². The van der Waals surface area contributed by atoms with Crippen LogP contribution in [-0.4, -0.2) is 55.9 Å². The Hall–Kier alpha value is -1.66. The molecule has 0 saturated carbocycles. The van der Waals surface area contributed by atoms with Gasteiger partial charge in [0.1, 0.15) is 11.4 Å². The Morgan fingerprint density at radius 1 is 1.55 bits per heavy atom. The van der Waals surface area contributed by atoms with E-state index in [1.165, 1.54) is 0 Å². The summed E-state index contributed by atoms with van der Waals surface area (Å²) in [5, 5.41) is 2.68. The van der Waals surface area contributed by atoms with Gasteiger partial charge in [-0.15, -0.1) is 0 Å². The van der Waals surface area contributed by atoms with E-state index in [4.69, 9.17) is 9.47 Å². The van der Waals surface area contributed by atoms with Crippen LogP contribution in [0.25, 0.3) is 0 Å². The Morgan fingerprint density at radius 2 is 2.41 bits per heavy atom. The summed E-state index contributed by atoms with van der Waals surface area (Å²) >= 11 is 0. The van der Waals surface area contributed by atoms with E-state index >= 15 is 0 Å². The average Bonchev–Trinajstić information content (AvgIpc) is 2.54. The van der Waals surface area contributed by atoms with Gasteiger partial charge in [0.05, 0.1) is 24.8 Å². The smallest absolute Gasteiger partial charge is 0.254 e. The van der Waals surface area contributed by atoms with E-state index in [1.54, 1.807) is 19.3 Å². The second-order valence-corrected chi connectivity index (χ2v) is 6.10. The molecule has 1 aromatic rings. The fourth-order valence-electron chi connectivity index (χ4n) is 3.39. The minimum Gasteiger partial charge on any atom is -0.378 e. The van der Waals surface area contributed by atoms with Gasteiger partial charge >= 0.3 is 0 Å². The molecule has 1 N–H and O–H groups in total. The molecule has 2 saturated heterocycles. The highest BCUT2D eigenvalue weighted by Gasteiger charge is 2.42. The Bertz CT molecular complexity index is 543. The molecule has 1 amide bonds. The Kier molecular flexibility index (Phi) is 4.31. The molecule has 0 aliphatic carbocycles. The lowest BCUT2D eigenvalue weighted by molar-refractivity contribution is -0.160. The number of hydrogen-bond donors (Lipinski definition) is 1. The highest BCUT2D eigenvalue weighted by atomic mass is 16.6. The number of ether oxygens (including phenoxy) is 2. The van der Waals surface area contributed by atoms with Gasteiger partial charge in [-0.25, -0.2) is 4.98 Å². The zero-order chi connectivity index (χ0) is 15.6. The third-order valence-electron chi connectivity index (χ3n) is 4.25. The topological polar surface area (TPSA) is 63.7 Å². The number of morpholine rings is 1. The molecule has 6 heteroatoms. The Balaban J connectivity index is 1.89. The third kappa shape index (κ3) is 2.94. The largest absolute Gasteiger partial charge is 0.378 e. The highest BCUT2D eigenvalue weighted by Crippen LogP contribution is 2.32. The van der Waals surface area contributed by atoms with Crippen LogP contribution in [0.3, 0.4) is 0 Å². The van der Waals surface area contributed by atoms with Crippen molar-refractivity contribution in [2.75, 3.05) is 38.3 Å². The molecule has 2 fully saturated rings. The second-order valence-electron chi connectivity index (χ2n) is 6.10. The lowest BCUT2D eigenvalue weighted by Gasteiger charge is -2.47. The quantitative estimate of drug-likeness (QED) is 0.890. The zero-order valence-corrected chi connectivity index (χ0v) is 13.2. The molecule has 0 radical (unpaired) electrons. The second kappa shape index (κ2) is 6.22. The van der Waals surface area contributed by atoms with Gasteiger partial charge < -0.3 is 19.7 Å². The van der Waals surface area contributed by atoms with E-state index in [2.05, 4.69) is 22.1 Å². The van der Waals surface area contributed by atoms with Gasteiger partial charge in [-0.1, -0.05) is 0 Å². The standard InChI is InChI=1S/C16H23N3O3/c1-12-9-19(10-16(22-12)6-4-8-21-11-16)14-13(15(20)17-2)5-3-7-18-14/h3,5,7,12H,4,6,8-11H2,1-2H3,(H,17,20). The first-order valence-electron chi connectivity index (χ1n) is 7.81. The first kappa shape index (κ1) is 15.2. The summed E-state index contributed by atoms with van der Waals surface area (Å²) in [6.45, 7) is 4.90. The predicted octanol–water partition coefficient (Wildman–Crippen LogP) is 1.22. The molecule has 2 unspecified atom stereocenters. The normalized spacial score (nSPS) is 28.6. The molecule has 1 spiro atoms. The number of rotatable bonds is 2. The summed E-state index contributed by atoms with van der Waals surface area (Å²) in [5.41, 5.74) is 0.318. The number of nitrogens with one attached hydrogen (secondary N) is 1. The van der Waals surface area contributed by atoms with Crippen molar-refractivity contribution in [2.45, 2.75) is 31.5 Å². The van der Waals surface area contributed by atoms with Crippen LogP contribution < -0.4 is 10.2 Å². The highest BCUT2D eigenvalue weighted by molar-refractivity contribution is 5.98. The predicted molar refractivity (Wildman–Crippen MR) is 83.2 cm³/mol. The van der Waals surface area contributed by atoms with Crippen LogP contribution >= 0.6 is 0 Å². The number of pyridine rings is 1. The molecule has 0 bridgehead atoms. The van der Waals surface area contributed by atoms with Gasteiger partial charge in [-0.3, -0.25) is 4.79 Å². The van der Waals surface area contributed by atoms with E-state index in [1.807, 2.05) is 6.07 Å². The van der Waals surface area contributed by atoms with Gasteiger partial charge in [0.25, 0.3) is 5.91 Å². The first-order chi connectivity index (χ1) is 10.6. The molecule has 2 atom stereocenters. The molecule has 3 rings (SSSR count). The number of hydrogen-bond acceptors (Lipinski definition) is 5. The minimum atomic E-state index is -0.284. The van der Waals surface area contributed by atoms with Crippen LogP contribution in [0.4, 0.5) is 5.82 Å². The molecule has 1 aromatic heterocycles. The molecule has 6 nitrogen and oxygen atoms in total. The van der Waals surface area contributed by atoms with Gasteiger partial charge in [0, 0.05) is 26.4 Å². The van der Waals surface area contributed by atoms with Crippen molar-refractivity contribution >= 4 is 11.7 Å². The van der Waals surface area contributed by atoms with Crippen molar-refractivity contribution in [3.63, 3.8) is 0 Å². The molecule has 120 valence electrons. The van der Waals surface area contributed by atoms with Gasteiger partial charge in [-0.2, -0.15) is 0 Å². The molecule has 3 heterocycles. The van der Waals surface area contributed by atoms with Crippen molar-refractivity contribution in [3.8, 4) is 0 Å². The van der Waals surface area contributed by atoms with Crippen LogP contribution in [0.15, 0.2) is 18.3 Å². The van der Waals surface area contributed by atoms with E-state index in [9.17, 15) is 4.79 Å². The Labute approximate surface area is 130 Å². The number of anilines is 1. The average molecular weight is 305 g/mol. The number of carbonyl (C=O) groups is 1. The summed E-state index contributed by atoms with van der Waals surface area (Å²) < 4.78 is 11.8. The van der Waals surface area contributed by atoms with Gasteiger partial charge in [0.15, 0.2) is 0 Å². The molecule has 22 heavy (non-hydrogen) atoms. The summed E-state index contributed by atoms with van der Waals surface area (Å²) in [6, 6.07) is 3.60. The minimum absolute atomic E-state index is 0.0787. The number of amides is 1. The SMILES string of the molecule is CNC(=O)c1cccnc1N1CC(C)OC2(CCCOC2)C1. The molecular weight excluding hydrogens is 282 g/mol. The maximum absolute atomic E-state index is 12.1. The number of carbonyl (C=O) groups excluding carboxylic acids is 1.